The average molecular weight is 904 g/mol. The summed E-state index contributed by atoms with van der Waals surface area (Å²) in [4.78, 5) is 54.0. The number of esters is 4. The van der Waals surface area contributed by atoms with Crippen molar-refractivity contribution in [3.05, 3.63) is 0 Å². The van der Waals surface area contributed by atoms with E-state index in [4.69, 9.17) is 9.47 Å². The number of hydrogen-bond donors (Lipinski definition) is 0. The van der Waals surface area contributed by atoms with Crippen molar-refractivity contribution in [2.45, 2.75) is 336 Å². The van der Waals surface area contributed by atoms with Crippen LogP contribution in [-0.4, -0.2) is 23.9 Å². The van der Waals surface area contributed by atoms with Gasteiger partial charge in [0.05, 0.1) is 11.8 Å². The predicted molar refractivity (Wildman–Crippen MR) is 273 cm³/mol. The maximum atomic E-state index is 14.0. The first-order valence-corrected chi connectivity index (χ1v) is 28.9. The van der Waals surface area contributed by atoms with E-state index in [-0.39, 0.29) is 12.8 Å². The molecule has 2 unspecified atom stereocenters. The minimum absolute atomic E-state index is 0.221. The number of ether oxygens (including phenoxy) is 2. The summed E-state index contributed by atoms with van der Waals surface area (Å²) < 4.78 is 11.1. The van der Waals surface area contributed by atoms with E-state index in [0.717, 1.165) is 64.2 Å². The highest BCUT2D eigenvalue weighted by atomic mass is 16.6. The predicted octanol–water partition coefficient (Wildman–Crippen LogP) is 19.2. The van der Waals surface area contributed by atoms with Crippen molar-refractivity contribution in [2.24, 2.45) is 11.8 Å². The summed E-state index contributed by atoms with van der Waals surface area (Å²) in [5.74, 6) is -3.71. The summed E-state index contributed by atoms with van der Waals surface area (Å²) >= 11 is 0. The normalized spacial score (nSPS) is 12.4. The zero-order chi connectivity index (χ0) is 46.8. The van der Waals surface area contributed by atoms with Gasteiger partial charge >= 0.3 is 23.9 Å². The number of rotatable bonds is 51. The summed E-state index contributed by atoms with van der Waals surface area (Å²) in [6.07, 6.45) is 53.8. The van der Waals surface area contributed by atoms with Crippen molar-refractivity contribution in [1.82, 2.24) is 0 Å². The van der Waals surface area contributed by atoms with E-state index in [0.29, 0.717) is 25.7 Å². The monoisotopic (exact) mass is 903 g/mol. The molecule has 0 fully saturated rings. The Labute approximate surface area is 398 Å². The van der Waals surface area contributed by atoms with Crippen LogP contribution >= 0.6 is 0 Å². The third-order valence-electron chi connectivity index (χ3n) is 13.7. The molecule has 0 amide bonds. The lowest BCUT2D eigenvalue weighted by atomic mass is 9.83. The molecule has 0 aromatic carbocycles. The zero-order valence-corrected chi connectivity index (χ0v) is 43.5. The van der Waals surface area contributed by atoms with Gasteiger partial charge in [0.15, 0.2) is 0 Å². The molecule has 0 N–H and O–H groups in total. The fourth-order valence-electron chi connectivity index (χ4n) is 9.37. The molecule has 6 nitrogen and oxygen atoms in total. The average Bonchev–Trinajstić information content (AvgIpc) is 3.28. The lowest BCUT2D eigenvalue weighted by Gasteiger charge is -2.24. The quantitative estimate of drug-likeness (QED) is 0.0343. The summed E-state index contributed by atoms with van der Waals surface area (Å²) in [6, 6.07) is 0. The molecule has 0 saturated heterocycles. The molecule has 0 aromatic rings. The highest BCUT2D eigenvalue weighted by molar-refractivity contribution is 5.92. The maximum Gasteiger partial charge on any atom is 0.317 e. The minimum atomic E-state index is -0.773. The van der Waals surface area contributed by atoms with Gasteiger partial charge in [-0.2, -0.15) is 0 Å². The Morgan fingerprint density at radius 2 is 0.422 bits per heavy atom. The van der Waals surface area contributed by atoms with Crippen molar-refractivity contribution in [3.8, 4) is 0 Å². The molecule has 0 spiro atoms. The molecule has 0 aromatic heterocycles. The lowest BCUT2D eigenvalue weighted by Crippen LogP contribution is -2.34. The number of hydrogen-bond acceptors (Lipinski definition) is 6. The van der Waals surface area contributed by atoms with E-state index in [9.17, 15) is 19.2 Å². The largest absolute Gasteiger partial charge is 0.393 e. The molecule has 64 heavy (non-hydrogen) atoms. The molecular weight excluding hydrogens is 793 g/mol. The van der Waals surface area contributed by atoms with Crippen molar-refractivity contribution < 1.29 is 28.7 Å². The van der Waals surface area contributed by atoms with E-state index < -0.39 is 35.7 Å². The fraction of sp³-hybridized carbons (Fsp3) is 0.931. The highest BCUT2D eigenvalue weighted by Gasteiger charge is 2.37. The van der Waals surface area contributed by atoms with Gasteiger partial charge in [-0.25, -0.2) is 0 Å². The van der Waals surface area contributed by atoms with Crippen LogP contribution in [0.5, 0.6) is 0 Å². The Hall–Kier alpha value is -1.72. The molecule has 0 bridgehead atoms. The molecular formula is C58H110O6. The molecule has 2 atom stereocenters. The molecule has 0 heterocycles. The first-order chi connectivity index (χ1) is 31.4. The van der Waals surface area contributed by atoms with E-state index in [1.165, 1.54) is 205 Å². The smallest absolute Gasteiger partial charge is 0.317 e. The Bertz CT molecular complexity index is 1020. The molecule has 0 aliphatic heterocycles. The van der Waals surface area contributed by atoms with Crippen LogP contribution in [0.15, 0.2) is 0 Å². The lowest BCUT2D eigenvalue weighted by molar-refractivity contribution is -0.172. The number of carbonyl (C=O) groups excluding carboxylic acids is 4. The fourth-order valence-corrected chi connectivity index (χ4v) is 9.37. The van der Waals surface area contributed by atoms with E-state index in [1.54, 1.807) is 0 Å². The van der Waals surface area contributed by atoms with Crippen LogP contribution in [0.2, 0.25) is 0 Å². The zero-order valence-electron chi connectivity index (χ0n) is 43.5. The van der Waals surface area contributed by atoms with Crippen LogP contribution in [0, 0.1) is 11.8 Å². The second-order valence-electron chi connectivity index (χ2n) is 20.0. The molecule has 0 aliphatic carbocycles. The molecule has 0 saturated carbocycles. The van der Waals surface area contributed by atoms with Crippen molar-refractivity contribution >= 4 is 23.9 Å². The van der Waals surface area contributed by atoms with Crippen molar-refractivity contribution in [2.75, 3.05) is 0 Å². The van der Waals surface area contributed by atoms with E-state index in [2.05, 4.69) is 27.7 Å². The van der Waals surface area contributed by atoms with Gasteiger partial charge in [-0.15, -0.1) is 0 Å². The Morgan fingerprint density at radius 3 is 0.625 bits per heavy atom. The second kappa shape index (κ2) is 50.7. The molecule has 0 radical (unpaired) electrons. The van der Waals surface area contributed by atoms with Crippen LogP contribution in [-0.2, 0) is 28.7 Å². The molecule has 378 valence electrons. The van der Waals surface area contributed by atoms with Crippen LogP contribution in [0.25, 0.3) is 0 Å². The summed E-state index contributed by atoms with van der Waals surface area (Å²) in [7, 11) is 0. The van der Waals surface area contributed by atoms with Gasteiger partial charge in [0.2, 0.25) is 0 Å². The number of carbonyl (C=O) groups is 4. The van der Waals surface area contributed by atoms with Gasteiger partial charge in [-0.1, -0.05) is 297 Å². The van der Waals surface area contributed by atoms with Gasteiger partial charge in [0, 0.05) is 12.8 Å². The van der Waals surface area contributed by atoms with Crippen LogP contribution < -0.4 is 0 Å². The first-order valence-electron chi connectivity index (χ1n) is 28.9. The SMILES string of the molecule is CCCCCCCCCCCCCCC(C(=O)OC(=O)CCCCCCCCCCCCC)C(CCCCCCCCCCCC)C(=O)OC(=O)CCCCCCCCCCCCC. The molecule has 6 heteroatoms. The van der Waals surface area contributed by atoms with E-state index in [1.807, 2.05) is 0 Å². The second-order valence-corrected chi connectivity index (χ2v) is 20.0. The third kappa shape index (κ3) is 42.9. The summed E-state index contributed by atoms with van der Waals surface area (Å²) in [5, 5.41) is 0. The minimum Gasteiger partial charge on any atom is -0.393 e. The van der Waals surface area contributed by atoms with Crippen LogP contribution in [0.4, 0.5) is 0 Å². The van der Waals surface area contributed by atoms with Gasteiger partial charge in [-0.3, -0.25) is 19.2 Å². The topological polar surface area (TPSA) is 86.7 Å². The highest BCUT2D eigenvalue weighted by Crippen LogP contribution is 2.29. The van der Waals surface area contributed by atoms with Gasteiger partial charge in [0.25, 0.3) is 0 Å². The van der Waals surface area contributed by atoms with Gasteiger partial charge in [0.1, 0.15) is 0 Å². The van der Waals surface area contributed by atoms with Crippen molar-refractivity contribution in [3.63, 3.8) is 0 Å². The van der Waals surface area contributed by atoms with Gasteiger partial charge < -0.3 is 9.47 Å². The first kappa shape index (κ1) is 62.3. The van der Waals surface area contributed by atoms with Crippen LogP contribution in [0.1, 0.15) is 336 Å². The van der Waals surface area contributed by atoms with Crippen molar-refractivity contribution in [1.29, 1.82) is 0 Å². The summed E-state index contributed by atoms with van der Waals surface area (Å²) in [5.41, 5.74) is 0. The summed E-state index contributed by atoms with van der Waals surface area (Å²) in [6.45, 7) is 9.02. The van der Waals surface area contributed by atoms with Gasteiger partial charge in [-0.05, 0) is 25.7 Å². The Morgan fingerprint density at radius 1 is 0.250 bits per heavy atom. The van der Waals surface area contributed by atoms with Crippen LogP contribution in [0.3, 0.4) is 0 Å². The third-order valence-corrected chi connectivity index (χ3v) is 13.7. The Balaban J connectivity index is 5.38. The maximum absolute atomic E-state index is 14.0. The Kier molecular flexibility index (Phi) is 49.3. The number of unbranched alkanes of at least 4 members (excludes halogenated alkanes) is 40. The molecule has 0 rings (SSSR count). The standard InChI is InChI=1S/C58H110O6/c1-5-9-13-17-21-25-29-32-34-38-42-46-50-54(58(62)64-56(60)52-48-44-40-36-31-27-23-19-15-11-7-3)53(49-45-41-37-33-28-24-20-16-12-8-4)57(61)63-55(59)51-47-43-39-35-30-26-22-18-14-10-6-2/h53-54H,5-52H2,1-4H3. The van der Waals surface area contributed by atoms with E-state index >= 15 is 0 Å². The molecule has 0 aliphatic rings.